The number of hydrogen-bond donors (Lipinski definition) is 0. The van der Waals surface area contributed by atoms with Crippen molar-refractivity contribution in [2.75, 3.05) is 0 Å². The van der Waals surface area contributed by atoms with Gasteiger partial charge in [0.15, 0.2) is 0 Å². The minimum Gasteiger partial charge on any atom is -0.870 e. The van der Waals surface area contributed by atoms with Crippen molar-refractivity contribution in [1.82, 2.24) is 0 Å². The van der Waals surface area contributed by atoms with E-state index in [4.69, 9.17) is 0 Å². The number of rotatable bonds is 3. The van der Waals surface area contributed by atoms with Crippen molar-refractivity contribution in [1.29, 1.82) is 0 Å². The van der Waals surface area contributed by atoms with Crippen molar-refractivity contribution in [3.8, 4) is 0 Å². The number of hydrogen-bond acceptors (Lipinski definition) is 6. The summed E-state index contributed by atoms with van der Waals surface area (Å²) < 4.78 is 54.7. The molecule has 120 valence electrons. The minimum absolute atomic E-state index is 0. The molecular formula is C12H21Li2O6S2-. The molecule has 2 aliphatic rings. The van der Waals surface area contributed by atoms with Gasteiger partial charge in [0, 0.05) is 10.5 Å². The fourth-order valence-corrected chi connectivity index (χ4v) is 5.11. The van der Waals surface area contributed by atoms with Crippen molar-refractivity contribution in [2.45, 2.75) is 61.9 Å². The summed E-state index contributed by atoms with van der Waals surface area (Å²) in [5.41, 5.74) is 0. The van der Waals surface area contributed by atoms with Gasteiger partial charge in [0.1, 0.15) is 0 Å². The van der Waals surface area contributed by atoms with E-state index < -0.39 is 26.4 Å². The molecule has 0 aliphatic heterocycles. The molecule has 1 unspecified atom stereocenters. The van der Waals surface area contributed by atoms with Crippen molar-refractivity contribution in [2.24, 2.45) is 11.8 Å². The van der Waals surface area contributed by atoms with Gasteiger partial charge in [-0.05, 0) is 63.2 Å². The molecular weight excluding hydrogens is 318 g/mol. The van der Waals surface area contributed by atoms with Gasteiger partial charge in [-0.15, -0.1) is 0 Å². The van der Waals surface area contributed by atoms with Gasteiger partial charge >= 0.3 is 37.7 Å². The maximum atomic E-state index is 11.0. The third-order valence-electron chi connectivity index (χ3n) is 4.78. The molecule has 2 saturated carbocycles. The van der Waals surface area contributed by atoms with Gasteiger partial charge < -0.3 is 14.6 Å². The van der Waals surface area contributed by atoms with Crippen molar-refractivity contribution in [3.63, 3.8) is 0 Å². The van der Waals surface area contributed by atoms with Crippen molar-refractivity contribution >= 4 is 21.2 Å². The Morgan fingerprint density at radius 3 is 1.50 bits per heavy atom. The summed E-state index contributed by atoms with van der Waals surface area (Å²) in [6.45, 7) is 0. The van der Waals surface area contributed by atoms with E-state index in [9.17, 15) is 21.7 Å². The van der Waals surface area contributed by atoms with Crippen LogP contribution in [0.1, 0.15) is 51.4 Å². The summed E-state index contributed by atoms with van der Waals surface area (Å²) in [6.07, 6.45) is 5.81. The van der Waals surface area contributed by atoms with E-state index in [1.165, 1.54) is 0 Å². The Labute approximate surface area is 159 Å². The third-order valence-corrected chi connectivity index (χ3v) is 7.09. The SMILES string of the molecule is O=S([O-])C1CCC(C2CCC(S(=O)(=O)[O-])CC2)CC1.[Li+].[Li+].[OH-]. The molecule has 0 aromatic rings. The molecule has 1 N–H and O–H groups in total. The van der Waals surface area contributed by atoms with Gasteiger partial charge in [-0.25, -0.2) is 8.42 Å². The normalized spacial score (nSPS) is 33.5. The predicted molar refractivity (Wildman–Crippen MR) is 72.0 cm³/mol. The Balaban J connectivity index is 0. The van der Waals surface area contributed by atoms with Crippen LogP contribution in [0.3, 0.4) is 0 Å². The maximum Gasteiger partial charge on any atom is 1.00 e. The van der Waals surface area contributed by atoms with Gasteiger partial charge in [-0.3, -0.25) is 4.21 Å². The van der Waals surface area contributed by atoms with Gasteiger partial charge in [0.05, 0.1) is 10.1 Å². The summed E-state index contributed by atoms with van der Waals surface area (Å²) in [4.78, 5) is 0. The molecule has 2 aliphatic carbocycles. The third kappa shape index (κ3) is 6.97. The van der Waals surface area contributed by atoms with Crippen LogP contribution in [0.4, 0.5) is 0 Å². The van der Waals surface area contributed by atoms with Crippen LogP contribution in [0.25, 0.3) is 0 Å². The van der Waals surface area contributed by atoms with E-state index in [0.717, 1.165) is 38.5 Å². The Bertz CT molecular complexity index is 429. The van der Waals surface area contributed by atoms with Gasteiger partial charge in [-0.1, -0.05) is 11.1 Å². The Hall–Kier alpha value is 1.17. The average molecular weight is 339 g/mol. The fraction of sp³-hybridized carbons (Fsp3) is 1.00. The topological polar surface area (TPSA) is 127 Å². The second-order valence-electron chi connectivity index (χ2n) is 5.83. The van der Waals surface area contributed by atoms with E-state index in [2.05, 4.69) is 0 Å². The zero-order chi connectivity index (χ0) is 14.0. The van der Waals surface area contributed by atoms with Gasteiger partial charge in [0.2, 0.25) is 0 Å². The molecule has 6 nitrogen and oxygen atoms in total. The zero-order valence-electron chi connectivity index (χ0n) is 13.3. The first-order chi connectivity index (χ1) is 8.88. The molecule has 2 rings (SSSR count). The molecule has 0 heterocycles. The van der Waals surface area contributed by atoms with Gasteiger partial charge in [-0.2, -0.15) is 0 Å². The summed E-state index contributed by atoms with van der Waals surface area (Å²) in [5.74, 6) is 0.981. The van der Waals surface area contributed by atoms with Crippen LogP contribution in [0.5, 0.6) is 0 Å². The van der Waals surface area contributed by atoms with Crippen LogP contribution in [-0.2, 0) is 21.2 Å². The summed E-state index contributed by atoms with van der Waals surface area (Å²) in [5, 5.41) is -0.899. The quantitative estimate of drug-likeness (QED) is 0.289. The van der Waals surface area contributed by atoms with Crippen LogP contribution in [-0.4, -0.2) is 37.7 Å². The molecule has 0 saturated heterocycles. The Morgan fingerprint density at radius 1 is 0.818 bits per heavy atom. The second kappa shape index (κ2) is 10.9. The van der Waals surface area contributed by atoms with Gasteiger partial charge in [0.25, 0.3) is 0 Å². The molecule has 2 fully saturated rings. The average Bonchev–Trinajstić information content (AvgIpc) is 2.38. The van der Waals surface area contributed by atoms with E-state index in [0.29, 0.717) is 24.7 Å². The summed E-state index contributed by atoms with van der Waals surface area (Å²) in [7, 11) is -4.13. The second-order valence-corrected chi connectivity index (χ2v) is 8.67. The van der Waals surface area contributed by atoms with Crippen LogP contribution in [0, 0.1) is 11.8 Å². The predicted octanol–water partition coefficient (Wildman–Crippen LogP) is -4.64. The fourth-order valence-electron chi connectivity index (χ4n) is 3.60. The van der Waals surface area contributed by atoms with E-state index in [1.807, 2.05) is 0 Å². The van der Waals surface area contributed by atoms with Crippen molar-refractivity contribution < 1.29 is 64.9 Å². The first-order valence-electron chi connectivity index (χ1n) is 6.90. The van der Waals surface area contributed by atoms with Crippen LogP contribution < -0.4 is 37.7 Å². The molecule has 0 aromatic heterocycles. The van der Waals surface area contributed by atoms with Crippen LogP contribution in [0.2, 0.25) is 0 Å². The first kappa shape index (κ1) is 25.4. The zero-order valence-corrected chi connectivity index (χ0v) is 14.9. The Morgan fingerprint density at radius 2 is 1.18 bits per heavy atom. The largest absolute Gasteiger partial charge is 1.00 e. The molecule has 0 amide bonds. The van der Waals surface area contributed by atoms with E-state index >= 15 is 0 Å². The molecule has 10 heteroatoms. The molecule has 22 heavy (non-hydrogen) atoms. The maximum absolute atomic E-state index is 11.0. The first-order valence-corrected chi connectivity index (χ1v) is 9.51. The summed E-state index contributed by atoms with van der Waals surface area (Å²) >= 11 is -1.96. The van der Waals surface area contributed by atoms with E-state index in [1.54, 1.807) is 0 Å². The molecule has 0 bridgehead atoms. The molecule has 0 aromatic carbocycles. The molecule has 1 atom stereocenters. The monoisotopic (exact) mass is 339 g/mol. The minimum atomic E-state index is -4.13. The molecule has 0 spiro atoms. The van der Waals surface area contributed by atoms with E-state index in [-0.39, 0.29) is 48.4 Å². The Kier molecular flexibility index (Phi) is 12.6. The smallest absolute Gasteiger partial charge is 0.870 e. The molecule has 0 radical (unpaired) electrons. The van der Waals surface area contributed by atoms with Crippen molar-refractivity contribution in [3.05, 3.63) is 0 Å². The summed E-state index contributed by atoms with van der Waals surface area (Å²) in [6, 6.07) is 0. The van der Waals surface area contributed by atoms with Crippen LogP contribution >= 0.6 is 0 Å². The standard InChI is InChI=1S/C12H22O5S2.2Li.H2O/c13-18(14)11-5-1-9(2-6-11)10-3-7-12(8-4-10)19(15,16)17;;;/h9-12H,1-8H2,(H,13,14)(H,15,16,17);;;1H2/q;2*+1;/p-3. The van der Waals surface area contributed by atoms with Crippen LogP contribution in [0.15, 0.2) is 0 Å².